The fraction of sp³-hybridized carbons (Fsp3) is 0.579. The molecule has 4 nitrogen and oxygen atoms in total. The number of aromatic nitrogens is 1. The fourth-order valence-electron chi connectivity index (χ4n) is 2.70. The Morgan fingerprint density at radius 1 is 1.52 bits per heavy atom. The number of esters is 1. The van der Waals surface area contributed by atoms with Gasteiger partial charge in [0, 0.05) is 23.9 Å². The quantitative estimate of drug-likeness (QED) is 0.294. The Kier molecular flexibility index (Phi) is 6.24. The van der Waals surface area contributed by atoms with Crippen LogP contribution in [0.25, 0.3) is 6.08 Å². The number of rotatable bonds is 7. The number of nitriles is 1. The van der Waals surface area contributed by atoms with Crippen LogP contribution >= 0.6 is 23.2 Å². The average Bonchev–Trinajstić information content (AvgIpc) is 3.05. The van der Waals surface area contributed by atoms with Crippen molar-refractivity contribution >= 4 is 35.2 Å². The molecule has 25 heavy (non-hydrogen) atoms. The molecule has 1 aromatic rings. The lowest BCUT2D eigenvalue weighted by molar-refractivity contribution is -0.138. The molecular weight excluding hydrogens is 359 g/mol. The van der Waals surface area contributed by atoms with E-state index in [2.05, 4.69) is 18.4 Å². The first-order valence-corrected chi connectivity index (χ1v) is 9.24. The van der Waals surface area contributed by atoms with Crippen molar-refractivity contribution in [1.82, 2.24) is 4.57 Å². The molecule has 0 radical (unpaired) electrons. The van der Waals surface area contributed by atoms with Crippen molar-refractivity contribution in [3.63, 3.8) is 0 Å². The number of ether oxygens (including phenoxy) is 1. The Morgan fingerprint density at radius 2 is 2.16 bits per heavy atom. The molecule has 0 aromatic carbocycles. The molecule has 1 aliphatic rings. The van der Waals surface area contributed by atoms with Crippen molar-refractivity contribution in [1.29, 1.82) is 5.26 Å². The molecule has 1 saturated carbocycles. The second-order valence-corrected chi connectivity index (χ2v) is 8.63. The first-order valence-electron chi connectivity index (χ1n) is 8.49. The highest BCUT2D eigenvalue weighted by molar-refractivity contribution is 6.50. The SMILES string of the molecule is Cc1cc(/C=C(\C#N)C(=O)OC[C@@H]2CC2(Cl)Cl)c(C)n1CCC(C)C. The number of halogens is 2. The predicted molar refractivity (Wildman–Crippen MR) is 100 cm³/mol. The molecule has 0 spiro atoms. The highest BCUT2D eigenvalue weighted by atomic mass is 35.5. The third-order valence-electron chi connectivity index (χ3n) is 4.55. The van der Waals surface area contributed by atoms with E-state index < -0.39 is 10.3 Å². The number of hydrogen-bond acceptors (Lipinski definition) is 3. The zero-order valence-electron chi connectivity index (χ0n) is 15.1. The third kappa shape index (κ3) is 5.03. The summed E-state index contributed by atoms with van der Waals surface area (Å²) in [6.45, 7) is 9.47. The summed E-state index contributed by atoms with van der Waals surface area (Å²) in [6, 6.07) is 3.92. The van der Waals surface area contributed by atoms with E-state index in [1.54, 1.807) is 6.08 Å². The minimum atomic E-state index is -0.794. The molecule has 136 valence electrons. The van der Waals surface area contributed by atoms with Crippen LogP contribution < -0.4 is 0 Å². The van der Waals surface area contributed by atoms with E-state index in [0.717, 1.165) is 29.9 Å². The maximum Gasteiger partial charge on any atom is 0.348 e. The first kappa shape index (κ1) is 19.9. The van der Waals surface area contributed by atoms with Crippen LogP contribution in [0.4, 0.5) is 0 Å². The monoisotopic (exact) mass is 382 g/mol. The van der Waals surface area contributed by atoms with Crippen LogP contribution in [-0.4, -0.2) is 21.5 Å². The number of aryl methyl sites for hydroxylation is 1. The lowest BCUT2D eigenvalue weighted by Crippen LogP contribution is -2.11. The second kappa shape index (κ2) is 7.85. The highest BCUT2D eigenvalue weighted by Gasteiger charge is 2.52. The molecule has 1 aliphatic carbocycles. The predicted octanol–water partition coefficient (Wildman–Crippen LogP) is 4.80. The lowest BCUT2D eigenvalue weighted by Gasteiger charge is -2.11. The van der Waals surface area contributed by atoms with Gasteiger partial charge in [0.25, 0.3) is 0 Å². The largest absolute Gasteiger partial charge is 0.461 e. The van der Waals surface area contributed by atoms with Crippen LogP contribution in [0, 0.1) is 37.0 Å². The second-order valence-electron chi connectivity index (χ2n) is 7.09. The molecule has 0 saturated heterocycles. The molecule has 0 unspecified atom stereocenters. The van der Waals surface area contributed by atoms with E-state index in [-0.39, 0.29) is 18.1 Å². The minimum Gasteiger partial charge on any atom is -0.461 e. The molecule has 1 fully saturated rings. The van der Waals surface area contributed by atoms with Gasteiger partial charge in [-0.3, -0.25) is 0 Å². The van der Waals surface area contributed by atoms with E-state index in [4.69, 9.17) is 27.9 Å². The summed E-state index contributed by atoms with van der Waals surface area (Å²) in [7, 11) is 0. The molecule has 0 bridgehead atoms. The van der Waals surface area contributed by atoms with Crippen LogP contribution in [0.1, 0.15) is 43.6 Å². The van der Waals surface area contributed by atoms with Gasteiger partial charge in [-0.15, -0.1) is 23.2 Å². The normalized spacial score (nSPS) is 19.0. The number of carbonyl (C=O) groups is 1. The van der Waals surface area contributed by atoms with Crippen molar-refractivity contribution in [3.05, 3.63) is 28.6 Å². The summed E-state index contributed by atoms with van der Waals surface area (Å²) in [4.78, 5) is 12.1. The van der Waals surface area contributed by atoms with Gasteiger partial charge in [0.2, 0.25) is 0 Å². The van der Waals surface area contributed by atoms with Gasteiger partial charge in [-0.25, -0.2) is 4.79 Å². The molecule has 1 aromatic heterocycles. The van der Waals surface area contributed by atoms with E-state index in [0.29, 0.717) is 12.3 Å². The van der Waals surface area contributed by atoms with Crippen LogP contribution in [0.5, 0.6) is 0 Å². The fourth-order valence-corrected chi connectivity index (χ4v) is 3.20. The van der Waals surface area contributed by atoms with Gasteiger partial charge in [0.15, 0.2) is 0 Å². The number of alkyl halides is 2. The first-order chi connectivity index (χ1) is 11.7. The van der Waals surface area contributed by atoms with Crippen molar-refractivity contribution in [2.24, 2.45) is 11.8 Å². The Balaban J connectivity index is 2.09. The maximum atomic E-state index is 12.1. The van der Waals surface area contributed by atoms with Crippen molar-refractivity contribution in [3.8, 4) is 6.07 Å². The van der Waals surface area contributed by atoms with Crippen molar-refractivity contribution in [2.75, 3.05) is 6.61 Å². The third-order valence-corrected chi connectivity index (χ3v) is 5.48. The van der Waals surface area contributed by atoms with E-state index in [1.807, 2.05) is 26.0 Å². The Labute approximate surface area is 159 Å². The zero-order chi connectivity index (χ0) is 18.8. The Morgan fingerprint density at radius 3 is 2.68 bits per heavy atom. The van der Waals surface area contributed by atoms with Gasteiger partial charge >= 0.3 is 5.97 Å². The summed E-state index contributed by atoms with van der Waals surface area (Å²) >= 11 is 11.8. The van der Waals surface area contributed by atoms with Crippen molar-refractivity contribution in [2.45, 2.75) is 51.4 Å². The number of hydrogen-bond donors (Lipinski definition) is 0. The molecule has 0 amide bonds. The Bertz CT molecular complexity index is 727. The highest BCUT2D eigenvalue weighted by Crippen LogP contribution is 2.53. The van der Waals surface area contributed by atoms with Crippen LogP contribution in [0.3, 0.4) is 0 Å². The standard InChI is InChI=1S/C19H24Cl2N2O2/c1-12(2)5-6-23-13(3)7-15(14(23)4)8-16(10-22)18(24)25-11-17-9-19(17,20)21/h7-8,12,17H,5-6,9,11H2,1-4H3/b16-8+/t17-/m0/s1. The number of carbonyl (C=O) groups excluding carboxylic acids is 1. The topological polar surface area (TPSA) is 55.0 Å². The van der Waals surface area contributed by atoms with Crippen LogP contribution in [-0.2, 0) is 16.1 Å². The maximum absolute atomic E-state index is 12.1. The van der Waals surface area contributed by atoms with Gasteiger partial charge in [-0.05, 0) is 50.3 Å². The average molecular weight is 383 g/mol. The number of nitrogens with zero attached hydrogens (tertiary/aromatic N) is 2. The molecule has 2 rings (SSSR count). The Hall–Kier alpha value is -1.44. The van der Waals surface area contributed by atoms with Crippen LogP contribution in [0.2, 0.25) is 0 Å². The van der Waals surface area contributed by atoms with E-state index in [1.165, 1.54) is 0 Å². The molecule has 6 heteroatoms. The van der Waals surface area contributed by atoms with Crippen molar-refractivity contribution < 1.29 is 9.53 Å². The zero-order valence-corrected chi connectivity index (χ0v) is 16.6. The lowest BCUT2D eigenvalue weighted by atomic mass is 10.1. The van der Waals surface area contributed by atoms with Gasteiger partial charge in [-0.2, -0.15) is 5.26 Å². The summed E-state index contributed by atoms with van der Waals surface area (Å²) in [5, 5.41) is 9.31. The molecule has 1 heterocycles. The van der Waals surface area contributed by atoms with Gasteiger partial charge < -0.3 is 9.30 Å². The smallest absolute Gasteiger partial charge is 0.348 e. The van der Waals surface area contributed by atoms with Gasteiger partial charge in [0.05, 0.1) is 6.61 Å². The molecule has 0 N–H and O–H groups in total. The summed E-state index contributed by atoms with van der Waals surface area (Å²) in [6.07, 6.45) is 3.27. The summed E-state index contributed by atoms with van der Waals surface area (Å²) in [5.41, 5.74) is 3.01. The molecule has 1 atom stereocenters. The van der Waals surface area contributed by atoms with E-state index >= 15 is 0 Å². The van der Waals surface area contributed by atoms with Gasteiger partial charge in [0.1, 0.15) is 16.0 Å². The van der Waals surface area contributed by atoms with Gasteiger partial charge in [-0.1, -0.05) is 13.8 Å². The molecular formula is C19H24Cl2N2O2. The van der Waals surface area contributed by atoms with E-state index in [9.17, 15) is 10.1 Å². The molecule has 0 aliphatic heterocycles. The summed E-state index contributed by atoms with van der Waals surface area (Å²) < 4.78 is 6.60. The van der Waals surface area contributed by atoms with Crippen LogP contribution in [0.15, 0.2) is 11.6 Å². The minimum absolute atomic E-state index is 0.0143. The summed E-state index contributed by atoms with van der Waals surface area (Å²) in [5.74, 6) is -0.0745.